The molecule has 11 nitrogen and oxygen atoms in total. The Labute approximate surface area is 233 Å². The molecule has 0 fully saturated rings. The van der Waals surface area contributed by atoms with Gasteiger partial charge in [-0.15, -0.1) is 0 Å². The number of amides is 1. The molecule has 1 aromatic rings. The van der Waals surface area contributed by atoms with Gasteiger partial charge in [0.05, 0.1) is 11.6 Å². The molecular weight excluding hydrogens is 516 g/mol. The molecule has 7 N–H and O–H groups in total. The Bertz CT molecular complexity index is 1350. The summed E-state index contributed by atoms with van der Waals surface area (Å²) < 4.78 is 0. The summed E-state index contributed by atoms with van der Waals surface area (Å²) in [6.45, 7) is 7.17. The molecule has 4 rings (SSSR count). The van der Waals surface area contributed by atoms with Crippen LogP contribution >= 0.6 is 0 Å². The number of nitrogens with two attached hydrogens (primary N) is 1. The maximum atomic E-state index is 14.1. The van der Waals surface area contributed by atoms with E-state index in [1.54, 1.807) is 14.1 Å². The molecule has 2 unspecified atom stereocenters. The molecule has 3 aliphatic rings. The summed E-state index contributed by atoms with van der Waals surface area (Å²) in [6.07, 6.45) is 0.291. The number of rotatable bonds is 6. The van der Waals surface area contributed by atoms with Crippen LogP contribution in [0.1, 0.15) is 48.7 Å². The first-order valence-corrected chi connectivity index (χ1v) is 13.3. The number of allylic oxidation sites excluding steroid dienone is 1. The lowest BCUT2D eigenvalue weighted by molar-refractivity contribution is -0.148. The molecule has 0 saturated carbocycles. The van der Waals surface area contributed by atoms with Gasteiger partial charge in [-0.1, -0.05) is 20.8 Å². The minimum atomic E-state index is -2.66. The second kappa shape index (κ2) is 9.90. The normalized spacial score (nSPS) is 26.6. The highest BCUT2D eigenvalue weighted by molar-refractivity contribution is 6.24. The number of Topliss-reactive ketones (excluding diaryl/α,β-unsaturated/α-hetero) is 2. The summed E-state index contributed by atoms with van der Waals surface area (Å²) in [5.41, 5.74) is 3.58. The molecular formula is C29H40N4O7. The second-order valence-corrected chi connectivity index (χ2v) is 12.8. The number of fused-ring (bicyclic) bond motifs is 3. The Morgan fingerprint density at radius 3 is 2.30 bits per heavy atom. The van der Waals surface area contributed by atoms with Crippen molar-refractivity contribution in [1.29, 1.82) is 0 Å². The molecule has 0 radical (unpaired) electrons. The predicted octanol–water partition coefficient (Wildman–Crippen LogP) is 1.32. The van der Waals surface area contributed by atoms with Crippen molar-refractivity contribution in [2.24, 2.45) is 23.0 Å². The maximum Gasteiger partial charge on any atom is 0.255 e. The van der Waals surface area contributed by atoms with Crippen molar-refractivity contribution in [2.45, 2.75) is 51.8 Å². The number of nitrogens with zero attached hydrogens (tertiary/aromatic N) is 2. The Morgan fingerprint density at radius 1 is 1.15 bits per heavy atom. The highest BCUT2D eigenvalue weighted by atomic mass is 16.3. The largest absolute Gasteiger partial charge is 0.510 e. The predicted molar refractivity (Wildman–Crippen MR) is 149 cm³/mol. The van der Waals surface area contributed by atoms with E-state index in [1.165, 1.54) is 4.90 Å². The van der Waals surface area contributed by atoms with E-state index in [0.29, 0.717) is 24.2 Å². The Morgan fingerprint density at radius 2 is 1.77 bits per heavy atom. The summed E-state index contributed by atoms with van der Waals surface area (Å²) in [5, 5.41) is 48.8. The number of primary amides is 1. The van der Waals surface area contributed by atoms with Crippen molar-refractivity contribution in [3.8, 4) is 5.75 Å². The van der Waals surface area contributed by atoms with E-state index in [2.05, 4.69) is 26.1 Å². The quantitative estimate of drug-likeness (QED) is 0.280. The molecule has 218 valence electrons. The number of hydrogen-bond acceptors (Lipinski definition) is 10. The molecule has 0 aromatic heterocycles. The zero-order chi connectivity index (χ0) is 30.1. The van der Waals surface area contributed by atoms with E-state index in [-0.39, 0.29) is 35.1 Å². The smallest absolute Gasteiger partial charge is 0.255 e. The van der Waals surface area contributed by atoms with Gasteiger partial charge in [-0.3, -0.25) is 19.3 Å². The average Bonchev–Trinajstić information content (AvgIpc) is 2.81. The topological polar surface area (TPSA) is 177 Å². The highest BCUT2D eigenvalue weighted by Gasteiger charge is 2.63. The lowest BCUT2D eigenvalue weighted by Gasteiger charge is -2.50. The molecule has 1 aromatic carbocycles. The fraction of sp³-hybridized carbons (Fsp3) is 0.552. The first-order chi connectivity index (χ1) is 18.4. The van der Waals surface area contributed by atoms with Crippen molar-refractivity contribution in [2.75, 3.05) is 39.6 Å². The second-order valence-electron chi connectivity index (χ2n) is 12.8. The van der Waals surface area contributed by atoms with Crippen molar-refractivity contribution in [3.63, 3.8) is 0 Å². The standard InChI is InChI=1S/C29H40N4O7/c1-28(2,3)12-31-11-14-10-17(32(4)5)15-8-13-9-16-21(33(6)7)24(36)20(27(30)39)26(38)29(16,40)25(37)18(13)23(35)19(15)22(14)34/h10,13,16,21,31,34,36-37,40H,8-9,11-12H2,1-7H3,(H2,30,39)/t13?,16?,21-,29-/m0/s1. The van der Waals surface area contributed by atoms with Crippen LogP contribution in [0.4, 0.5) is 5.69 Å². The molecule has 11 heteroatoms. The van der Waals surface area contributed by atoms with Gasteiger partial charge in [-0.25, -0.2) is 0 Å². The Kier molecular flexibility index (Phi) is 7.32. The van der Waals surface area contributed by atoms with Gasteiger partial charge < -0.3 is 36.4 Å². The number of benzene rings is 1. The SMILES string of the molecule is CN(C)c1cc(CNCC(C)(C)C)c(O)c2c1CC1CC3[C@H](N(C)C)C(O)=C(C(N)=O)C(=O)[C@@]3(O)C(O)=C1C2=O. The van der Waals surface area contributed by atoms with Crippen LogP contribution in [0.2, 0.25) is 0 Å². The molecule has 40 heavy (non-hydrogen) atoms. The first-order valence-electron chi connectivity index (χ1n) is 13.3. The zero-order valence-corrected chi connectivity index (χ0v) is 24.1. The third-order valence-electron chi connectivity index (χ3n) is 8.23. The average molecular weight is 557 g/mol. The number of carbonyl (C=O) groups is 3. The number of anilines is 1. The summed E-state index contributed by atoms with van der Waals surface area (Å²) in [4.78, 5) is 43.0. The van der Waals surface area contributed by atoms with Crippen LogP contribution in [-0.2, 0) is 22.6 Å². The van der Waals surface area contributed by atoms with E-state index < -0.39 is 58.0 Å². The number of aliphatic hydroxyl groups is 3. The van der Waals surface area contributed by atoms with Gasteiger partial charge in [0, 0.05) is 49.9 Å². The van der Waals surface area contributed by atoms with Crippen molar-refractivity contribution in [3.05, 3.63) is 45.4 Å². The van der Waals surface area contributed by atoms with Crippen LogP contribution in [0.5, 0.6) is 5.75 Å². The number of nitrogens with one attached hydrogen (secondary N) is 1. The molecule has 1 amide bonds. The van der Waals surface area contributed by atoms with Gasteiger partial charge in [0.2, 0.25) is 5.78 Å². The Balaban J connectivity index is 1.90. The van der Waals surface area contributed by atoms with E-state index in [4.69, 9.17) is 5.73 Å². The van der Waals surface area contributed by atoms with Crippen LogP contribution < -0.4 is 16.0 Å². The lowest BCUT2D eigenvalue weighted by Crippen LogP contribution is -2.63. The molecule has 0 saturated heterocycles. The van der Waals surface area contributed by atoms with E-state index in [9.17, 15) is 34.8 Å². The minimum absolute atomic E-state index is 0.00841. The van der Waals surface area contributed by atoms with Crippen molar-refractivity contribution >= 4 is 23.2 Å². The number of aromatic hydroxyl groups is 1. The van der Waals surface area contributed by atoms with Gasteiger partial charge >= 0.3 is 0 Å². The third kappa shape index (κ3) is 4.46. The fourth-order valence-electron chi connectivity index (χ4n) is 6.46. The monoisotopic (exact) mass is 556 g/mol. The van der Waals surface area contributed by atoms with Gasteiger partial charge in [0.25, 0.3) is 5.91 Å². The third-order valence-corrected chi connectivity index (χ3v) is 8.23. The van der Waals surface area contributed by atoms with Gasteiger partial charge in [-0.05, 0) is 49.9 Å². The molecule has 0 aliphatic heterocycles. The number of phenolic OH excluding ortho intramolecular Hbond substituents is 1. The summed E-state index contributed by atoms with van der Waals surface area (Å²) in [6, 6.07) is 0.814. The van der Waals surface area contributed by atoms with Crippen LogP contribution in [0.15, 0.2) is 28.7 Å². The fourth-order valence-corrected chi connectivity index (χ4v) is 6.46. The number of likely N-dealkylation sites (N-methyl/N-ethyl adjacent to an activating group) is 1. The zero-order valence-electron chi connectivity index (χ0n) is 24.1. The number of ketones is 2. The van der Waals surface area contributed by atoms with Crippen LogP contribution in [0, 0.1) is 17.3 Å². The maximum absolute atomic E-state index is 14.1. The van der Waals surface area contributed by atoms with Gasteiger partial charge in [0.15, 0.2) is 11.4 Å². The molecule has 3 aliphatic carbocycles. The minimum Gasteiger partial charge on any atom is -0.510 e. The van der Waals surface area contributed by atoms with Crippen LogP contribution in [-0.4, -0.2) is 89.2 Å². The highest BCUT2D eigenvalue weighted by Crippen LogP contribution is 2.53. The number of carbonyl (C=O) groups excluding carboxylic acids is 3. The molecule has 4 atom stereocenters. The lowest BCUT2D eigenvalue weighted by atomic mass is 9.58. The Hall–Kier alpha value is -3.41. The number of aliphatic hydroxyl groups excluding tert-OH is 2. The van der Waals surface area contributed by atoms with Gasteiger partial charge in [-0.2, -0.15) is 0 Å². The summed E-state index contributed by atoms with van der Waals surface area (Å²) in [5.74, 6) is -6.54. The number of phenols is 1. The summed E-state index contributed by atoms with van der Waals surface area (Å²) in [7, 11) is 6.87. The summed E-state index contributed by atoms with van der Waals surface area (Å²) >= 11 is 0. The van der Waals surface area contributed by atoms with Crippen LogP contribution in [0.25, 0.3) is 0 Å². The molecule has 0 bridgehead atoms. The van der Waals surface area contributed by atoms with E-state index in [1.807, 2.05) is 25.1 Å². The first kappa shape index (κ1) is 29.6. The van der Waals surface area contributed by atoms with Crippen molar-refractivity contribution < 1.29 is 34.8 Å². The number of hydrogen-bond donors (Lipinski definition) is 6. The van der Waals surface area contributed by atoms with Crippen LogP contribution in [0.3, 0.4) is 0 Å². The van der Waals surface area contributed by atoms with E-state index >= 15 is 0 Å². The molecule has 0 heterocycles. The van der Waals surface area contributed by atoms with Crippen molar-refractivity contribution in [1.82, 2.24) is 10.2 Å². The van der Waals surface area contributed by atoms with Gasteiger partial charge in [0.1, 0.15) is 22.8 Å². The molecule has 0 spiro atoms. The van der Waals surface area contributed by atoms with E-state index in [0.717, 1.165) is 5.69 Å².